The van der Waals surface area contributed by atoms with Gasteiger partial charge >= 0.3 is 0 Å². The fourth-order valence-corrected chi connectivity index (χ4v) is 1.86. The molecule has 1 amide bonds. The van der Waals surface area contributed by atoms with Crippen LogP contribution in [0, 0.1) is 5.82 Å². The van der Waals surface area contributed by atoms with E-state index in [9.17, 15) is 9.18 Å². The average molecular weight is 287 g/mol. The summed E-state index contributed by atoms with van der Waals surface area (Å²) < 4.78 is 12.8. The molecule has 0 aliphatic rings. The molecule has 0 fully saturated rings. The molecule has 21 heavy (non-hydrogen) atoms. The second-order valence-corrected chi connectivity index (χ2v) is 5.08. The van der Waals surface area contributed by atoms with Gasteiger partial charge in [-0.15, -0.1) is 0 Å². The topological polar surface area (TPSA) is 54.0 Å². The van der Waals surface area contributed by atoms with E-state index in [1.165, 1.54) is 12.1 Å². The van der Waals surface area contributed by atoms with Gasteiger partial charge in [-0.05, 0) is 43.7 Å². The maximum Gasteiger partial charge on any atom is 0.229 e. The highest BCUT2D eigenvalue weighted by Crippen LogP contribution is 2.11. The lowest BCUT2D eigenvalue weighted by atomic mass is 10.1. The van der Waals surface area contributed by atoms with Crippen molar-refractivity contribution < 1.29 is 9.18 Å². The highest BCUT2D eigenvalue weighted by molar-refractivity contribution is 5.91. The van der Waals surface area contributed by atoms with Crippen LogP contribution in [0.15, 0.2) is 42.6 Å². The monoisotopic (exact) mass is 287 g/mol. The molecule has 110 valence electrons. The summed E-state index contributed by atoms with van der Waals surface area (Å²) in [6, 6.07) is 9.80. The lowest BCUT2D eigenvalue weighted by Crippen LogP contribution is -2.15. The molecule has 0 saturated heterocycles. The zero-order valence-corrected chi connectivity index (χ0v) is 12.1. The summed E-state index contributed by atoms with van der Waals surface area (Å²) in [6.07, 6.45) is 1.86. The third-order valence-electron chi connectivity index (χ3n) is 2.76. The Morgan fingerprint density at radius 1 is 1.19 bits per heavy atom. The molecule has 0 aliphatic carbocycles. The van der Waals surface area contributed by atoms with Crippen LogP contribution < -0.4 is 10.6 Å². The minimum atomic E-state index is -0.311. The number of nitrogens with zero attached hydrogens (tertiary/aromatic N) is 1. The Morgan fingerprint density at radius 3 is 2.48 bits per heavy atom. The van der Waals surface area contributed by atoms with Crippen molar-refractivity contribution in [3.8, 4) is 0 Å². The van der Waals surface area contributed by atoms with E-state index in [2.05, 4.69) is 15.6 Å². The van der Waals surface area contributed by atoms with Gasteiger partial charge in [-0.25, -0.2) is 9.37 Å². The second-order valence-electron chi connectivity index (χ2n) is 5.08. The smallest absolute Gasteiger partial charge is 0.229 e. The quantitative estimate of drug-likeness (QED) is 0.887. The Hall–Kier alpha value is -2.43. The summed E-state index contributed by atoms with van der Waals surface area (Å²) in [5.41, 5.74) is 1.66. The second kappa shape index (κ2) is 6.83. The number of pyridine rings is 1. The number of hydrogen-bond donors (Lipinski definition) is 2. The number of halogens is 1. The summed E-state index contributed by atoms with van der Waals surface area (Å²) >= 11 is 0. The molecule has 0 bridgehead atoms. The van der Waals surface area contributed by atoms with Crippen molar-refractivity contribution in [3.05, 3.63) is 54.0 Å². The zero-order chi connectivity index (χ0) is 15.2. The summed E-state index contributed by atoms with van der Waals surface area (Å²) in [7, 11) is 0. The molecule has 0 saturated carbocycles. The van der Waals surface area contributed by atoms with E-state index >= 15 is 0 Å². The first-order valence-corrected chi connectivity index (χ1v) is 6.80. The first kappa shape index (κ1) is 15.0. The number of benzene rings is 1. The highest BCUT2D eigenvalue weighted by atomic mass is 19.1. The number of carbonyl (C=O) groups is 1. The van der Waals surface area contributed by atoms with Crippen LogP contribution in [-0.4, -0.2) is 16.9 Å². The van der Waals surface area contributed by atoms with Crippen molar-refractivity contribution in [1.29, 1.82) is 0 Å². The summed E-state index contributed by atoms with van der Waals surface area (Å²) in [4.78, 5) is 16.0. The predicted molar refractivity (Wildman–Crippen MR) is 81.7 cm³/mol. The van der Waals surface area contributed by atoms with Gasteiger partial charge in [0.05, 0.1) is 18.3 Å². The SMILES string of the molecule is CC(C)Nc1ccc(NC(=O)Cc2ccc(F)cc2)nc1. The van der Waals surface area contributed by atoms with Crippen LogP contribution in [0.3, 0.4) is 0 Å². The molecule has 0 spiro atoms. The van der Waals surface area contributed by atoms with E-state index < -0.39 is 0 Å². The third-order valence-corrected chi connectivity index (χ3v) is 2.76. The van der Waals surface area contributed by atoms with Gasteiger partial charge in [0.2, 0.25) is 5.91 Å². The number of aromatic nitrogens is 1. The number of hydrogen-bond acceptors (Lipinski definition) is 3. The van der Waals surface area contributed by atoms with E-state index in [1.54, 1.807) is 24.4 Å². The van der Waals surface area contributed by atoms with Crippen LogP contribution in [0.25, 0.3) is 0 Å². The minimum absolute atomic E-state index is 0.182. The van der Waals surface area contributed by atoms with Crippen molar-refractivity contribution in [2.45, 2.75) is 26.3 Å². The number of nitrogens with one attached hydrogen (secondary N) is 2. The van der Waals surface area contributed by atoms with Crippen LogP contribution in [0.1, 0.15) is 19.4 Å². The fraction of sp³-hybridized carbons (Fsp3) is 0.250. The molecule has 2 rings (SSSR count). The van der Waals surface area contributed by atoms with Crippen molar-refractivity contribution in [1.82, 2.24) is 4.98 Å². The molecule has 1 aromatic heterocycles. The van der Waals surface area contributed by atoms with Gasteiger partial charge in [-0.2, -0.15) is 0 Å². The van der Waals surface area contributed by atoms with Gasteiger partial charge in [-0.1, -0.05) is 12.1 Å². The molecule has 5 heteroatoms. The van der Waals surface area contributed by atoms with E-state index in [-0.39, 0.29) is 18.1 Å². The molecule has 0 aliphatic heterocycles. The lowest BCUT2D eigenvalue weighted by Gasteiger charge is -2.10. The molecule has 0 atom stereocenters. The first-order chi connectivity index (χ1) is 10.0. The molecular formula is C16H18FN3O. The van der Waals surface area contributed by atoms with E-state index in [0.29, 0.717) is 11.9 Å². The van der Waals surface area contributed by atoms with Crippen molar-refractivity contribution in [2.75, 3.05) is 10.6 Å². The molecule has 1 aromatic carbocycles. The molecule has 1 heterocycles. The highest BCUT2D eigenvalue weighted by Gasteiger charge is 2.05. The van der Waals surface area contributed by atoms with E-state index in [0.717, 1.165) is 11.3 Å². The normalized spacial score (nSPS) is 10.5. The number of rotatable bonds is 5. The van der Waals surface area contributed by atoms with Crippen LogP contribution >= 0.6 is 0 Å². The lowest BCUT2D eigenvalue weighted by molar-refractivity contribution is -0.115. The number of carbonyl (C=O) groups excluding carboxylic acids is 1. The van der Waals surface area contributed by atoms with Gasteiger partial charge in [0.1, 0.15) is 11.6 Å². The standard InChI is InChI=1S/C16H18FN3O/c1-11(2)19-14-7-8-15(18-10-14)20-16(21)9-12-3-5-13(17)6-4-12/h3-8,10-11,19H,9H2,1-2H3,(H,18,20,21). The summed E-state index contributed by atoms with van der Waals surface area (Å²) in [5.74, 6) is 0.00385. The fourth-order valence-electron chi connectivity index (χ4n) is 1.86. The molecule has 0 radical (unpaired) electrons. The Balaban J connectivity index is 1.91. The zero-order valence-electron chi connectivity index (χ0n) is 12.1. The van der Waals surface area contributed by atoms with Gasteiger partial charge < -0.3 is 10.6 Å². The molecule has 2 N–H and O–H groups in total. The van der Waals surface area contributed by atoms with Crippen molar-refractivity contribution in [3.63, 3.8) is 0 Å². The van der Waals surface area contributed by atoms with Crippen LogP contribution in [0.4, 0.5) is 15.9 Å². The predicted octanol–water partition coefficient (Wildman–Crippen LogP) is 3.22. The largest absolute Gasteiger partial charge is 0.382 e. The van der Waals surface area contributed by atoms with Gasteiger partial charge in [0.15, 0.2) is 0 Å². The van der Waals surface area contributed by atoms with E-state index in [4.69, 9.17) is 0 Å². The maximum absolute atomic E-state index is 12.8. The molecule has 0 unspecified atom stereocenters. The van der Waals surface area contributed by atoms with Crippen LogP contribution in [0.2, 0.25) is 0 Å². The Kier molecular flexibility index (Phi) is 4.87. The summed E-state index contributed by atoms with van der Waals surface area (Å²) in [5, 5.41) is 5.93. The minimum Gasteiger partial charge on any atom is -0.382 e. The Morgan fingerprint density at radius 2 is 1.90 bits per heavy atom. The number of anilines is 2. The van der Waals surface area contributed by atoms with Gasteiger partial charge in [0.25, 0.3) is 0 Å². The molecular weight excluding hydrogens is 269 g/mol. The van der Waals surface area contributed by atoms with Crippen molar-refractivity contribution in [2.24, 2.45) is 0 Å². The summed E-state index contributed by atoms with van der Waals surface area (Å²) in [6.45, 7) is 4.08. The number of amides is 1. The van der Waals surface area contributed by atoms with Gasteiger partial charge in [0, 0.05) is 6.04 Å². The van der Waals surface area contributed by atoms with Crippen LogP contribution in [0.5, 0.6) is 0 Å². The van der Waals surface area contributed by atoms with Gasteiger partial charge in [-0.3, -0.25) is 4.79 Å². The maximum atomic E-state index is 12.8. The Labute approximate surface area is 123 Å². The molecule has 4 nitrogen and oxygen atoms in total. The Bertz CT molecular complexity index is 594. The third kappa shape index (κ3) is 4.87. The average Bonchev–Trinajstić information content (AvgIpc) is 2.43. The molecule has 2 aromatic rings. The first-order valence-electron chi connectivity index (χ1n) is 6.80. The van der Waals surface area contributed by atoms with Crippen LogP contribution in [-0.2, 0) is 11.2 Å². The van der Waals surface area contributed by atoms with Crippen molar-refractivity contribution >= 4 is 17.4 Å². The van der Waals surface area contributed by atoms with E-state index in [1.807, 2.05) is 19.9 Å².